The highest BCUT2D eigenvalue weighted by Crippen LogP contribution is 2.17. The molecular weight excluding hydrogens is 204 g/mol. The predicted octanol–water partition coefficient (Wildman–Crippen LogP) is 3.15. The summed E-state index contributed by atoms with van der Waals surface area (Å²) in [4.78, 5) is 4.30. The lowest BCUT2D eigenvalue weighted by Gasteiger charge is -2.01. The number of nitrogens with zero attached hydrogens (tertiary/aromatic N) is 2. The van der Waals surface area contributed by atoms with Gasteiger partial charge in [-0.3, -0.25) is 0 Å². The van der Waals surface area contributed by atoms with Crippen molar-refractivity contribution in [2.45, 2.75) is 6.54 Å². The number of hydrogen-bond donors (Lipinski definition) is 0. The van der Waals surface area contributed by atoms with Crippen LogP contribution in [-0.4, -0.2) is 9.55 Å². The van der Waals surface area contributed by atoms with E-state index in [-0.39, 0.29) is 0 Å². The van der Waals surface area contributed by atoms with Gasteiger partial charge in [0, 0.05) is 23.3 Å². The summed E-state index contributed by atoms with van der Waals surface area (Å²) in [5.41, 5.74) is 1.27. The first-order valence-corrected chi connectivity index (χ1v) is 5.74. The number of fused-ring (bicyclic) bond motifs is 1. The molecule has 0 bridgehead atoms. The van der Waals surface area contributed by atoms with E-state index in [1.54, 1.807) is 11.3 Å². The average Bonchev–Trinajstić information content (AvgIpc) is 2.89. The van der Waals surface area contributed by atoms with Crippen molar-refractivity contribution in [3.05, 3.63) is 53.1 Å². The third kappa shape index (κ3) is 1.55. The molecule has 0 aliphatic carbocycles. The van der Waals surface area contributed by atoms with Crippen molar-refractivity contribution in [2.24, 2.45) is 0 Å². The Kier molecular flexibility index (Phi) is 2.03. The maximum absolute atomic E-state index is 4.30. The summed E-state index contributed by atoms with van der Waals surface area (Å²) in [5.74, 6) is 0. The molecule has 74 valence electrons. The lowest BCUT2D eigenvalue weighted by Crippen LogP contribution is -1.96. The highest BCUT2D eigenvalue weighted by molar-refractivity contribution is 7.09. The fraction of sp³-hybridized carbons (Fsp3) is 0.0833. The second-order valence-electron chi connectivity index (χ2n) is 3.43. The average molecular weight is 214 g/mol. The Morgan fingerprint density at radius 1 is 1.20 bits per heavy atom. The standard InChI is InChI=1S/C12H10N2S/c1-2-4-11-10(3-1)5-7-14(11)9-12-13-6-8-15-12/h1-8H,9H2. The van der Waals surface area contributed by atoms with E-state index in [0.717, 1.165) is 11.6 Å². The molecule has 2 aromatic heterocycles. The summed E-state index contributed by atoms with van der Waals surface area (Å²) in [6, 6.07) is 10.6. The first-order chi connectivity index (χ1) is 7.43. The minimum atomic E-state index is 0.866. The van der Waals surface area contributed by atoms with Crippen LogP contribution in [-0.2, 0) is 6.54 Å². The molecule has 0 N–H and O–H groups in total. The Morgan fingerprint density at radius 2 is 2.13 bits per heavy atom. The van der Waals surface area contributed by atoms with Crippen LogP contribution in [0.15, 0.2) is 48.1 Å². The van der Waals surface area contributed by atoms with Crippen molar-refractivity contribution in [1.29, 1.82) is 0 Å². The molecule has 0 atom stereocenters. The Labute approximate surface area is 91.8 Å². The van der Waals surface area contributed by atoms with Crippen LogP contribution in [0.25, 0.3) is 10.9 Å². The number of thiazole rings is 1. The second-order valence-corrected chi connectivity index (χ2v) is 4.41. The highest BCUT2D eigenvalue weighted by atomic mass is 32.1. The maximum Gasteiger partial charge on any atom is 0.112 e. The van der Waals surface area contributed by atoms with Crippen LogP contribution in [0, 0.1) is 0 Å². The Balaban J connectivity index is 2.05. The number of rotatable bonds is 2. The molecule has 2 heterocycles. The molecule has 0 unspecified atom stereocenters. The van der Waals surface area contributed by atoms with Crippen LogP contribution in [0.1, 0.15) is 5.01 Å². The van der Waals surface area contributed by atoms with E-state index in [1.807, 2.05) is 11.6 Å². The molecule has 15 heavy (non-hydrogen) atoms. The molecule has 0 saturated carbocycles. The summed E-state index contributed by atoms with van der Waals surface area (Å²) in [6.07, 6.45) is 3.97. The molecule has 0 aliphatic heterocycles. The fourth-order valence-corrected chi connectivity index (χ4v) is 2.37. The molecule has 3 heteroatoms. The summed E-state index contributed by atoms with van der Waals surface area (Å²) >= 11 is 1.70. The van der Waals surface area contributed by atoms with E-state index >= 15 is 0 Å². The smallest absolute Gasteiger partial charge is 0.112 e. The fourth-order valence-electron chi connectivity index (χ4n) is 1.76. The molecule has 0 saturated heterocycles. The quantitative estimate of drug-likeness (QED) is 0.640. The predicted molar refractivity (Wildman–Crippen MR) is 63.2 cm³/mol. The van der Waals surface area contributed by atoms with Crippen LogP contribution in [0.3, 0.4) is 0 Å². The largest absolute Gasteiger partial charge is 0.341 e. The zero-order chi connectivity index (χ0) is 10.1. The van der Waals surface area contributed by atoms with Gasteiger partial charge in [-0.15, -0.1) is 11.3 Å². The van der Waals surface area contributed by atoms with Gasteiger partial charge in [0.1, 0.15) is 5.01 Å². The third-order valence-electron chi connectivity index (χ3n) is 2.47. The molecule has 0 fully saturated rings. The van der Waals surface area contributed by atoms with Crippen molar-refractivity contribution >= 4 is 22.2 Å². The lowest BCUT2D eigenvalue weighted by molar-refractivity contribution is 0.828. The molecule has 1 aromatic carbocycles. The first-order valence-electron chi connectivity index (χ1n) is 4.86. The van der Waals surface area contributed by atoms with Gasteiger partial charge in [0.15, 0.2) is 0 Å². The number of aromatic nitrogens is 2. The Bertz CT molecular complexity index is 566. The van der Waals surface area contributed by atoms with Crippen LogP contribution in [0.4, 0.5) is 0 Å². The van der Waals surface area contributed by atoms with Crippen molar-refractivity contribution in [3.8, 4) is 0 Å². The number of para-hydroxylation sites is 1. The van der Waals surface area contributed by atoms with Gasteiger partial charge in [-0.25, -0.2) is 4.98 Å². The minimum absolute atomic E-state index is 0.866. The van der Waals surface area contributed by atoms with Gasteiger partial charge in [0.05, 0.1) is 6.54 Å². The zero-order valence-electron chi connectivity index (χ0n) is 8.13. The van der Waals surface area contributed by atoms with Gasteiger partial charge in [0.25, 0.3) is 0 Å². The summed E-state index contributed by atoms with van der Waals surface area (Å²) in [5, 5.41) is 4.45. The number of benzene rings is 1. The Morgan fingerprint density at radius 3 is 3.00 bits per heavy atom. The van der Waals surface area contributed by atoms with Crippen LogP contribution < -0.4 is 0 Å². The van der Waals surface area contributed by atoms with Crippen LogP contribution in [0.2, 0.25) is 0 Å². The van der Waals surface area contributed by atoms with E-state index in [0.29, 0.717) is 0 Å². The number of hydrogen-bond acceptors (Lipinski definition) is 2. The van der Waals surface area contributed by atoms with Crippen molar-refractivity contribution in [1.82, 2.24) is 9.55 Å². The Hall–Kier alpha value is -1.61. The highest BCUT2D eigenvalue weighted by Gasteiger charge is 2.01. The normalized spacial score (nSPS) is 10.9. The molecule has 0 amide bonds. The summed E-state index contributed by atoms with van der Waals surface area (Å²) in [7, 11) is 0. The summed E-state index contributed by atoms with van der Waals surface area (Å²) < 4.78 is 2.23. The van der Waals surface area contributed by atoms with Crippen LogP contribution >= 0.6 is 11.3 Å². The van der Waals surface area contributed by atoms with E-state index in [2.05, 4.69) is 46.1 Å². The topological polar surface area (TPSA) is 17.8 Å². The van der Waals surface area contributed by atoms with E-state index < -0.39 is 0 Å². The maximum atomic E-state index is 4.30. The van der Waals surface area contributed by atoms with Gasteiger partial charge in [-0.2, -0.15) is 0 Å². The zero-order valence-corrected chi connectivity index (χ0v) is 8.95. The second kappa shape index (κ2) is 3.51. The first kappa shape index (κ1) is 8.68. The monoisotopic (exact) mass is 214 g/mol. The van der Waals surface area contributed by atoms with Gasteiger partial charge >= 0.3 is 0 Å². The molecular formula is C12H10N2S. The lowest BCUT2D eigenvalue weighted by atomic mass is 10.2. The van der Waals surface area contributed by atoms with Crippen molar-refractivity contribution in [2.75, 3.05) is 0 Å². The molecule has 3 aromatic rings. The van der Waals surface area contributed by atoms with Gasteiger partial charge < -0.3 is 4.57 Å². The van der Waals surface area contributed by atoms with E-state index in [4.69, 9.17) is 0 Å². The molecule has 0 aliphatic rings. The van der Waals surface area contributed by atoms with Crippen LogP contribution in [0.5, 0.6) is 0 Å². The minimum Gasteiger partial charge on any atom is -0.341 e. The SMILES string of the molecule is c1ccc2c(c1)ccn2Cc1nccs1. The van der Waals surface area contributed by atoms with E-state index in [1.165, 1.54) is 10.9 Å². The molecule has 0 radical (unpaired) electrons. The molecule has 2 nitrogen and oxygen atoms in total. The third-order valence-corrected chi connectivity index (χ3v) is 3.23. The summed E-state index contributed by atoms with van der Waals surface area (Å²) in [6.45, 7) is 0.866. The van der Waals surface area contributed by atoms with Gasteiger partial charge in [-0.1, -0.05) is 18.2 Å². The van der Waals surface area contributed by atoms with Gasteiger partial charge in [0.2, 0.25) is 0 Å². The molecule has 0 spiro atoms. The van der Waals surface area contributed by atoms with Crippen molar-refractivity contribution < 1.29 is 0 Å². The molecule has 3 rings (SSSR count). The van der Waals surface area contributed by atoms with Crippen molar-refractivity contribution in [3.63, 3.8) is 0 Å². The van der Waals surface area contributed by atoms with Gasteiger partial charge in [-0.05, 0) is 17.5 Å². The van der Waals surface area contributed by atoms with E-state index in [9.17, 15) is 0 Å².